The van der Waals surface area contributed by atoms with Crippen LogP contribution in [0.3, 0.4) is 0 Å². The molecule has 0 bridgehead atoms. The van der Waals surface area contributed by atoms with Gasteiger partial charge >= 0.3 is 0 Å². The molecule has 6 aromatic rings. The van der Waals surface area contributed by atoms with Crippen molar-refractivity contribution in [3.63, 3.8) is 0 Å². The van der Waals surface area contributed by atoms with Crippen molar-refractivity contribution in [2.75, 3.05) is 6.61 Å². The van der Waals surface area contributed by atoms with Crippen molar-refractivity contribution in [2.45, 2.75) is 72.6 Å². The molecule has 54 heavy (non-hydrogen) atoms. The number of unbranched alkanes of at least 4 members (excludes halogenated alkanes) is 1. The van der Waals surface area contributed by atoms with E-state index in [1.165, 1.54) is 11.1 Å². The SMILES string of the molecule is Cc1cc(Cc2cc(C)c(C)c(Cc3ccc(O)c(C)c3)c2OCCCCc2cc(Cc3ccc(O)cc3)c(O)c(Cc3ccc(O)cc3)c2)ccc1O. The van der Waals surface area contributed by atoms with Gasteiger partial charge in [-0.3, -0.25) is 0 Å². The van der Waals surface area contributed by atoms with Crippen molar-refractivity contribution in [3.8, 4) is 34.5 Å². The molecule has 278 valence electrons. The Morgan fingerprint density at radius 1 is 0.444 bits per heavy atom. The van der Waals surface area contributed by atoms with E-state index in [1.807, 2.05) is 62.4 Å². The number of ether oxygens (including phenoxy) is 1. The number of benzene rings is 6. The highest BCUT2D eigenvalue weighted by atomic mass is 16.5. The summed E-state index contributed by atoms with van der Waals surface area (Å²) >= 11 is 0. The van der Waals surface area contributed by atoms with Crippen LogP contribution in [-0.2, 0) is 32.1 Å². The minimum Gasteiger partial charge on any atom is -0.508 e. The molecule has 6 aromatic carbocycles. The second-order valence-electron chi connectivity index (χ2n) is 14.6. The molecule has 0 saturated carbocycles. The number of hydrogen-bond acceptors (Lipinski definition) is 6. The summed E-state index contributed by atoms with van der Waals surface area (Å²) in [4.78, 5) is 0. The number of hydrogen-bond donors (Lipinski definition) is 5. The quantitative estimate of drug-likeness (QED) is 0.0716. The van der Waals surface area contributed by atoms with Gasteiger partial charge in [-0.05, 0) is 150 Å². The van der Waals surface area contributed by atoms with Crippen LogP contribution in [0.5, 0.6) is 34.5 Å². The van der Waals surface area contributed by atoms with Crippen molar-refractivity contribution < 1.29 is 30.3 Å². The summed E-state index contributed by atoms with van der Waals surface area (Å²) in [7, 11) is 0. The van der Waals surface area contributed by atoms with Crippen LogP contribution in [0.2, 0.25) is 0 Å². The molecule has 0 atom stereocenters. The summed E-state index contributed by atoms with van der Waals surface area (Å²) in [5, 5.41) is 51.3. The Morgan fingerprint density at radius 2 is 0.926 bits per heavy atom. The monoisotopic (exact) mass is 722 g/mol. The average Bonchev–Trinajstić information content (AvgIpc) is 3.14. The second kappa shape index (κ2) is 16.9. The summed E-state index contributed by atoms with van der Waals surface area (Å²) in [6.07, 6.45) is 4.92. The smallest absolute Gasteiger partial charge is 0.126 e. The highest BCUT2D eigenvalue weighted by Crippen LogP contribution is 2.36. The standard InChI is InChI=1S/C48H50O6/c1-30-23-41(28-37-12-18-45(51)31(2)21-37)48(44(33(30)4)29-38-13-19-46(52)32(3)22-38)54-20-6-5-7-36-26-39(24-34-8-14-42(49)15-9-34)47(53)40(27-36)25-35-10-16-43(50)17-11-35/h8-19,21-23,26-27,49-53H,5-7,20,24-25,28-29H2,1-4H3. The molecule has 0 fully saturated rings. The lowest BCUT2D eigenvalue weighted by molar-refractivity contribution is 0.301. The van der Waals surface area contributed by atoms with E-state index < -0.39 is 0 Å². The molecule has 0 spiro atoms. The zero-order valence-corrected chi connectivity index (χ0v) is 31.6. The fourth-order valence-corrected chi connectivity index (χ4v) is 7.16. The molecule has 0 amide bonds. The van der Waals surface area contributed by atoms with Gasteiger partial charge in [0.25, 0.3) is 0 Å². The molecule has 6 rings (SSSR count). The van der Waals surface area contributed by atoms with Crippen LogP contribution in [0.4, 0.5) is 0 Å². The molecule has 0 aliphatic heterocycles. The van der Waals surface area contributed by atoms with Gasteiger partial charge < -0.3 is 30.3 Å². The maximum Gasteiger partial charge on any atom is 0.126 e. The van der Waals surface area contributed by atoms with Crippen LogP contribution < -0.4 is 4.74 Å². The van der Waals surface area contributed by atoms with E-state index in [0.717, 1.165) is 86.2 Å². The molecule has 0 aliphatic carbocycles. The molecule has 5 N–H and O–H groups in total. The number of rotatable bonds is 14. The number of aromatic hydroxyl groups is 5. The van der Waals surface area contributed by atoms with Gasteiger partial charge in [0.2, 0.25) is 0 Å². The van der Waals surface area contributed by atoms with E-state index in [9.17, 15) is 25.5 Å². The van der Waals surface area contributed by atoms with Crippen LogP contribution in [0.15, 0.2) is 103 Å². The van der Waals surface area contributed by atoms with Gasteiger partial charge in [-0.1, -0.05) is 66.7 Å². The van der Waals surface area contributed by atoms with E-state index in [4.69, 9.17) is 4.74 Å². The number of phenols is 5. The molecular weight excluding hydrogens is 673 g/mol. The molecule has 6 heteroatoms. The number of aryl methyl sites for hydroxylation is 4. The Hall–Kier alpha value is -5.88. The van der Waals surface area contributed by atoms with Gasteiger partial charge in [0.15, 0.2) is 0 Å². The largest absolute Gasteiger partial charge is 0.508 e. The van der Waals surface area contributed by atoms with Crippen LogP contribution in [0, 0.1) is 27.7 Å². The van der Waals surface area contributed by atoms with E-state index >= 15 is 0 Å². The summed E-state index contributed by atoms with van der Waals surface area (Å²) < 4.78 is 6.76. The van der Waals surface area contributed by atoms with Crippen LogP contribution in [0.1, 0.15) is 85.2 Å². The second-order valence-corrected chi connectivity index (χ2v) is 14.6. The molecule has 0 radical (unpaired) electrons. The Morgan fingerprint density at radius 3 is 1.44 bits per heavy atom. The van der Waals surface area contributed by atoms with Crippen molar-refractivity contribution >= 4 is 0 Å². The third kappa shape index (κ3) is 9.37. The lowest BCUT2D eigenvalue weighted by Crippen LogP contribution is -2.08. The third-order valence-electron chi connectivity index (χ3n) is 10.4. The Labute approximate surface area is 318 Å². The van der Waals surface area contributed by atoms with E-state index in [2.05, 4.69) is 32.0 Å². The van der Waals surface area contributed by atoms with Crippen molar-refractivity contribution in [2.24, 2.45) is 0 Å². The first-order valence-electron chi connectivity index (χ1n) is 18.6. The van der Waals surface area contributed by atoms with Crippen molar-refractivity contribution in [1.82, 2.24) is 0 Å². The predicted molar refractivity (Wildman–Crippen MR) is 216 cm³/mol. The fourth-order valence-electron chi connectivity index (χ4n) is 7.16. The lowest BCUT2D eigenvalue weighted by atomic mass is 9.90. The lowest BCUT2D eigenvalue weighted by Gasteiger charge is -2.21. The van der Waals surface area contributed by atoms with Gasteiger partial charge in [-0.2, -0.15) is 0 Å². The van der Waals surface area contributed by atoms with E-state index in [-0.39, 0.29) is 28.7 Å². The summed E-state index contributed by atoms with van der Waals surface area (Å²) in [5.41, 5.74) is 13.3. The molecular formula is C48H50O6. The normalized spacial score (nSPS) is 11.2. The molecule has 0 aromatic heterocycles. The molecule has 0 aliphatic rings. The maximum absolute atomic E-state index is 11.4. The molecule has 0 saturated heterocycles. The first-order valence-corrected chi connectivity index (χ1v) is 18.6. The minimum absolute atomic E-state index is 0.206. The zero-order chi connectivity index (χ0) is 38.4. The summed E-state index contributed by atoms with van der Waals surface area (Å²) in [5.74, 6) is 2.15. The first kappa shape index (κ1) is 37.9. The van der Waals surface area contributed by atoms with Crippen LogP contribution in [0.25, 0.3) is 0 Å². The minimum atomic E-state index is 0.206. The molecule has 0 unspecified atom stereocenters. The van der Waals surface area contributed by atoms with Crippen LogP contribution in [-0.4, -0.2) is 32.1 Å². The molecule has 6 nitrogen and oxygen atoms in total. The van der Waals surface area contributed by atoms with Gasteiger partial charge in [-0.15, -0.1) is 0 Å². The highest BCUT2D eigenvalue weighted by Gasteiger charge is 2.18. The maximum atomic E-state index is 11.4. The Kier molecular flexibility index (Phi) is 11.8. The Balaban J connectivity index is 1.23. The van der Waals surface area contributed by atoms with Gasteiger partial charge in [0.1, 0.15) is 34.5 Å². The van der Waals surface area contributed by atoms with Gasteiger partial charge in [0.05, 0.1) is 6.61 Å². The van der Waals surface area contributed by atoms with Crippen LogP contribution >= 0.6 is 0 Å². The van der Waals surface area contributed by atoms with Crippen molar-refractivity contribution in [3.05, 3.63) is 175 Å². The van der Waals surface area contributed by atoms with Crippen molar-refractivity contribution in [1.29, 1.82) is 0 Å². The average molecular weight is 723 g/mol. The topological polar surface area (TPSA) is 110 Å². The van der Waals surface area contributed by atoms with Gasteiger partial charge in [-0.25, -0.2) is 0 Å². The third-order valence-corrected chi connectivity index (χ3v) is 10.4. The van der Waals surface area contributed by atoms with Gasteiger partial charge in [0, 0.05) is 31.2 Å². The highest BCUT2D eigenvalue weighted by molar-refractivity contribution is 5.54. The van der Waals surface area contributed by atoms with E-state index in [1.54, 1.807) is 36.4 Å². The molecule has 0 heterocycles. The zero-order valence-electron chi connectivity index (χ0n) is 31.6. The first-order chi connectivity index (χ1) is 25.9. The summed E-state index contributed by atoms with van der Waals surface area (Å²) in [6.45, 7) is 8.65. The van der Waals surface area contributed by atoms with E-state index in [0.29, 0.717) is 32.3 Å². The summed E-state index contributed by atoms with van der Waals surface area (Å²) in [6, 6.07) is 32.1. The number of phenolic OH excluding ortho intramolecular Hbond substituents is 5. The predicted octanol–water partition coefficient (Wildman–Crippen LogP) is 10.2. The fraction of sp³-hybridized carbons (Fsp3) is 0.250. The Bertz CT molecular complexity index is 2170.